The highest BCUT2D eigenvalue weighted by Crippen LogP contribution is 2.30. The monoisotopic (exact) mass is 450 g/mol. The molecule has 0 spiro atoms. The molecule has 0 radical (unpaired) electrons. The van der Waals surface area contributed by atoms with E-state index in [-0.39, 0.29) is 11.3 Å². The van der Waals surface area contributed by atoms with E-state index >= 15 is 0 Å². The lowest BCUT2D eigenvalue weighted by molar-refractivity contribution is 0.0904. The van der Waals surface area contributed by atoms with Gasteiger partial charge in [0.25, 0.3) is 0 Å². The van der Waals surface area contributed by atoms with Crippen molar-refractivity contribution < 1.29 is 9.53 Å². The number of halogens is 1. The second-order valence-electron chi connectivity index (χ2n) is 8.54. The van der Waals surface area contributed by atoms with Crippen molar-refractivity contribution in [3.05, 3.63) is 94.5 Å². The third-order valence-corrected chi connectivity index (χ3v) is 5.87. The molecule has 4 nitrogen and oxygen atoms in total. The smallest absolute Gasteiger partial charge is 0.161 e. The number of methoxy groups -OCH3 is 1. The second-order valence-corrected chi connectivity index (χ2v) is 8.95. The Hall–Kier alpha value is -2.82. The van der Waals surface area contributed by atoms with Crippen molar-refractivity contribution in [1.82, 2.24) is 4.90 Å². The molecule has 32 heavy (non-hydrogen) atoms. The number of aryl methyl sites for hydroxylation is 1. The lowest BCUT2D eigenvalue weighted by atomic mass is 9.90. The number of carbonyl (C=O) groups is 1. The van der Waals surface area contributed by atoms with Gasteiger partial charge >= 0.3 is 0 Å². The van der Waals surface area contributed by atoms with Crippen LogP contribution in [0.15, 0.2) is 72.8 Å². The van der Waals surface area contributed by atoms with Crippen molar-refractivity contribution in [1.29, 1.82) is 0 Å². The molecule has 0 saturated carbocycles. The Labute approximate surface area is 196 Å². The molecule has 0 unspecified atom stereocenters. The number of para-hydroxylation sites is 1. The Kier molecular flexibility index (Phi) is 7.94. The van der Waals surface area contributed by atoms with E-state index in [1.165, 1.54) is 5.56 Å². The zero-order chi connectivity index (χ0) is 23.1. The maximum atomic E-state index is 11.7. The van der Waals surface area contributed by atoms with Gasteiger partial charge in [0.15, 0.2) is 5.78 Å². The maximum Gasteiger partial charge on any atom is 0.161 e. The van der Waals surface area contributed by atoms with Gasteiger partial charge in [-0.1, -0.05) is 59.6 Å². The Morgan fingerprint density at radius 2 is 1.66 bits per heavy atom. The fraction of sp³-hybridized carbons (Fsp3) is 0.296. The number of hydrogen-bond donors (Lipinski definition) is 1. The number of ketones is 1. The summed E-state index contributed by atoms with van der Waals surface area (Å²) < 4.78 is 4.97. The Morgan fingerprint density at radius 3 is 2.28 bits per heavy atom. The first-order valence-corrected chi connectivity index (χ1v) is 11.1. The predicted molar refractivity (Wildman–Crippen MR) is 133 cm³/mol. The predicted octanol–water partition coefficient (Wildman–Crippen LogP) is 6.23. The lowest BCUT2D eigenvalue weighted by Crippen LogP contribution is -2.63. The van der Waals surface area contributed by atoms with Crippen LogP contribution in [0.1, 0.15) is 35.3 Å². The van der Waals surface area contributed by atoms with Gasteiger partial charge in [0, 0.05) is 35.9 Å². The van der Waals surface area contributed by atoms with Crippen LogP contribution < -0.4 is 10.1 Å². The van der Waals surface area contributed by atoms with Crippen LogP contribution in [0, 0.1) is 6.92 Å². The minimum atomic E-state index is -0.0210. The molecule has 1 aliphatic heterocycles. The Morgan fingerprint density at radius 1 is 1.03 bits per heavy atom. The molecule has 168 valence electrons. The minimum Gasteiger partial charge on any atom is -0.497 e. The van der Waals surface area contributed by atoms with E-state index in [1.807, 2.05) is 66.7 Å². The van der Waals surface area contributed by atoms with Gasteiger partial charge < -0.3 is 10.1 Å². The van der Waals surface area contributed by atoms with E-state index in [9.17, 15) is 4.79 Å². The van der Waals surface area contributed by atoms with Crippen LogP contribution >= 0.6 is 11.6 Å². The van der Waals surface area contributed by atoms with Gasteiger partial charge in [-0.05, 0) is 56.7 Å². The van der Waals surface area contributed by atoms with Crippen molar-refractivity contribution >= 4 is 23.1 Å². The van der Waals surface area contributed by atoms with E-state index in [0.717, 1.165) is 47.2 Å². The molecule has 3 aromatic rings. The first kappa shape index (κ1) is 23.8. The molecular weight excluding hydrogens is 420 g/mol. The SMILES string of the molecule is CC(=O)c1ccccc1NC1(C)CN(Cc2ccccc2Cl)C1.COc1ccc(C)cc1. The van der Waals surface area contributed by atoms with Gasteiger partial charge in [-0.2, -0.15) is 0 Å². The van der Waals surface area contributed by atoms with Gasteiger partial charge in [0.1, 0.15) is 5.75 Å². The van der Waals surface area contributed by atoms with Gasteiger partial charge in [-0.25, -0.2) is 0 Å². The molecule has 0 aromatic heterocycles. The van der Waals surface area contributed by atoms with Gasteiger partial charge in [0.05, 0.1) is 12.6 Å². The van der Waals surface area contributed by atoms with Crippen LogP contribution in [0.4, 0.5) is 5.69 Å². The van der Waals surface area contributed by atoms with Gasteiger partial charge in [-0.3, -0.25) is 9.69 Å². The lowest BCUT2D eigenvalue weighted by Gasteiger charge is -2.49. The van der Waals surface area contributed by atoms with E-state index in [4.69, 9.17) is 16.3 Å². The molecule has 1 N–H and O–H groups in total. The topological polar surface area (TPSA) is 41.6 Å². The molecule has 1 saturated heterocycles. The molecule has 1 fully saturated rings. The number of ether oxygens (including phenoxy) is 1. The number of Topliss-reactive ketones (excluding diaryl/α,β-unsaturated/α-hetero) is 1. The average Bonchev–Trinajstić information content (AvgIpc) is 2.75. The maximum absolute atomic E-state index is 11.7. The summed E-state index contributed by atoms with van der Waals surface area (Å²) in [5.41, 5.74) is 4.06. The molecule has 0 atom stereocenters. The zero-order valence-electron chi connectivity index (χ0n) is 19.2. The summed E-state index contributed by atoms with van der Waals surface area (Å²) in [5, 5.41) is 4.36. The number of hydrogen-bond acceptors (Lipinski definition) is 4. The summed E-state index contributed by atoms with van der Waals surface area (Å²) in [7, 11) is 1.67. The summed E-state index contributed by atoms with van der Waals surface area (Å²) in [6.07, 6.45) is 0. The second kappa shape index (κ2) is 10.7. The number of benzene rings is 3. The number of nitrogens with one attached hydrogen (secondary N) is 1. The molecule has 0 amide bonds. The zero-order valence-corrected chi connectivity index (χ0v) is 19.9. The van der Waals surface area contributed by atoms with E-state index in [2.05, 4.69) is 30.1 Å². The summed E-state index contributed by atoms with van der Waals surface area (Å²) in [4.78, 5) is 14.1. The van der Waals surface area contributed by atoms with Crippen molar-refractivity contribution in [2.45, 2.75) is 32.9 Å². The largest absolute Gasteiger partial charge is 0.497 e. The van der Waals surface area contributed by atoms with Gasteiger partial charge in [0.2, 0.25) is 0 Å². The molecule has 1 aliphatic rings. The van der Waals surface area contributed by atoms with Crippen LogP contribution in [-0.4, -0.2) is 36.4 Å². The van der Waals surface area contributed by atoms with Gasteiger partial charge in [-0.15, -0.1) is 0 Å². The molecule has 5 heteroatoms. The highest BCUT2D eigenvalue weighted by Gasteiger charge is 2.39. The quantitative estimate of drug-likeness (QED) is 0.452. The van der Waals surface area contributed by atoms with E-state index in [1.54, 1.807) is 14.0 Å². The number of rotatable bonds is 6. The number of likely N-dealkylation sites (tertiary alicyclic amines) is 1. The third kappa shape index (κ3) is 6.35. The minimum absolute atomic E-state index is 0.0210. The van der Waals surface area contributed by atoms with Crippen molar-refractivity contribution in [3.8, 4) is 5.75 Å². The number of nitrogens with zero attached hydrogens (tertiary/aromatic N) is 1. The molecule has 3 aromatic carbocycles. The summed E-state index contributed by atoms with van der Waals surface area (Å²) in [5.74, 6) is 1.00. The Bertz CT molecular complexity index is 1040. The number of carbonyl (C=O) groups excluding carboxylic acids is 1. The summed E-state index contributed by atoms with van der Waals surface area (Å²) in [6.45, 7) is 8.54. The Balaban J connectivity index is 0.000000269. The van der Waals surface area contributed by atoms with Crippen LogP contribution in [0.3, 0.4) is 0 Å². The highest BCUT2D eigenvalue weighted by atomic mass is 35.5. The normalized spacial score (nSPS) is 14.5. The first-order chi connectivity index (χ1) is 15.3. The highest BCUT2D eigenvalue weighted by molar-refractivity contribution is 6.31. The van der Waals surface area contributed by atoms with Crippen LogP contribution in [-0.2, 0) is 6.54 Å². The van der Waals surface area contributed by atoms with Crippen molar-refractivity contribution in [2.75, 3.05) is 25.5 Å². The van der Waals surface area contributed by atoms with Crippen molar-refractivity contribution in [3.63, 3.8) is 0 Å². The van der Waals surface area contributed by atoms with Crippen LogP contribution in [0.5, 0.6) is 5.75 Å². The molecular formula is C27H31ClN2O2. The molecule has 1 heterocycles. The summed E-state index contributed by atoms with van der Waals surface area (Å²) >= 11 is 6.23. The van der Waals surface area contributed by atoms with E-state index < -0.39 is 0 Å². The standard InChI is InChI=1S/C19H21ClN2O.C8H10O/c1-14(23)16-8-4-6-10-18(16)21-19(2)12-22(13-19)11-15-7-3-5-9-17(15)20;1-7-3-5-8(9-2)6-4-7/h3-10,21H,11-13H2,1-2H3;3-6H,1-2H3. The van der Waals surface area contributed by atoms with Crippen LogP contribution in [0.2, 0.25) is 5.02 Å². The van der Waals surface area contributed by atoms with Crippen LogP contribution in [0.25, 0.3) is 0 Å². The molecule has 0 bridgehead atoms. The fourth-order valence-corrected chi connectivity index (χ4v) is 4.09. The number of anilines is 1. The van der Waals surface area contributed by atoms with E-state index in [0.29, 0.717) is 0 Å². The third-order valence-electron chi connectivity index (χ3n) is 5.50. The fourth-order valence-electron chi connectivity index (χ4n) is 3.90. The first-order valence-electron chi connectivity index (χ1n) is 10.7. The van der Waals surface area contributed by atoms with Crippen molar-refractivity contribution in [2.24, 2.45) is 0 Å². The molecule has 4 rings (SSSR count). The summed E-state index contributed by atoms with van der Waals surface area (Å²) in [6, 6.07) is 23.6. The average molecular weight is 451 g/mol. The molecule has 0 aliphatic carbocycles.